The lowest BCUT2D eigenvalue weighted by Crippen LogP contribution is -2.48. The molecule has 2 atom stereocenters. The Morgan fingerprint density at radius 3 is 2.59 bits per heavy atom. The van der Waals surface area contributed by atoms with Gasteiger partial charge in [-0.15, -0.1) is 0 Å². The van der Waals surface area contributed by atoms with E-state index in [1.807, 2.05) is 45.0 Å². The quantitative estimate of drug-likeness (QED) is 0.905. The first kappa shape index (κ1) is 17.1. The molecule has 5 heteroatoms. The summed E-state index contributed by atoms with van der Waals surface area (Å²) in [7, 11) is 0. The summed E-state index contributed by atoms with van der Waals surface area (Å²) in [6, 6.07) is 7.61. The zero-order valence-corrected chi connectivity index (χ0v) is 14.1. The number of aliphatic hydroxyl groups excluding tert-OH is 1. The van der Waals surface area contributed by atoms with Crippen LogP contribution in [-0.2, 0) is 11.2 Å². The fourth-order valence-corrected chi connectivity index (χ4v) is 2.76. The van der Waals surface area contributed by atoms with Gasteiger partial charge < -0.3 is 14.7 Å². The molecule has 0 aliphatic carbocycles. The van der Waals surface area contributed by atoms with Gasteiger partial charge in [-0.2, -0.15) is 0 Å². The van der Waals surface area contributed by atoms with Crippen LogP contribution in [0.5, 0.6) is 0 Å². The fraction of sp³-hybridized carbons (Fsp3) is 0.588. The Bertz CT molecular complexity index is 510. The Morgan fingerprint density at radius 1 is 1.36 bits per heavy atom. The number of benzene rings is 1. The number of likely N-dealkylation sites (tertiary alicyclic amines) is 1. The number of piperidine rings is 1. The Labute approximate surface area is 137 Å². The minimum absolute atomic E-state index is 0.0162. The Kier molecular flexibility index (Phi) is 5.35. The van der Waals surface area contributed by atoms with E-state index >= 15 is 0 Å². The monoisotopic (exact) mass is 325 g/mol. The topological polar surface area (TPSA) is 49.8 Å². The van der Waals surface area contributed by atoms with Crippen LogP contribution < -0.4 is 0 Å². The number of amides is 1. The van der Waals surface area contributed by atoms with Gasteiger partial charge in [-0.05, 0) is 51.3 Å². The lowest BCUT2D eigenvalue weighted by atomic mass is 9.89. The molecule has 2 unspecified atom stereocenters. The van der Waals surface area contributed by atoms with Gasteiger partial charge in [0.25, 0.3) is 0 Å². The van der Waals surface area contributed by atoms with Crippen molar-refractivity contribution in [2.45, 2.75) is 45.3 Å². The first-order valence-corrected chi connectivity index (χ1v) is 8.03. The summed E-state index contributed by atoms with van der Waals surface area (Å²) in [5, 5.41) is 10.9. The summed E-state index contributed by atoms with van der Waals surface area (Å²) in [4.78, 5) is 13.9. The molecule has 122 valence electrons. The predicted octanol–water partition coefficient (Wildman–Crippen LogP) is 3.50. The molecule has 1 aliphatic rings. The van der Waals surface area contributed by atoms with Crippen molar-refractivity contribution in [2.24, 2.45) is 5.92 Å². The number of carbonyl (C=O) groups excluding carboxylic acids is 1. The van der Waals surface area contributed by atoms with Gasteiger partial charge in [-0.3, -0.25) is 0 Å². The molecule has 1 aromatic carbocycles. The van der Waals surface area contributed by atoms with Crippen LogP contribution in [0.15, 0.2) is 24.3 Å². The van der Waals surface area contributed by atoms with Crippen molar-refractivity contribution in [1.29, 1.82) is 0 Å². The second kappa shape index (κ2) is 6.88. The molecule has 4 nitrogen and oxygen atoms in total. The Balaban J connectivity index is 1.98. The minimum atomic E-state index is -0.501. The average molecular weight is 326 g/mol. The number of hydrogen-bond acceptors (Lipinski definition) is 3. The lowest BCUT2D eigenvalue weighted by Gasteiger charge is -2.37. The second-order valence-corrected chi connectivity index (χ2v) is 7.31. The number of rotatable bonds is 2. The molecule has 0 aromatic heterocycles. The van der Waals surface area contributed by atoms with Crippen LogP contribution in [0.2, 0.25) is 5.02 Å². The summed E-state index contributed by atoms with van der Waals surface area (Å²) < 4.78 is 5.41. The second-order valence-electron chi connectivity index (χ2n) is 6.87. The van der Waals surface area contributed by atoms with Gasteiger partial charge in [0, 0.05) is 24.0 Å². The Morgan fingerprint density at radius 2 is 2.00 bits per heavy atom. The first-order chi connectivity index (χ1) is 10.2. The molecule has 1 aromatic rings. The number of carbonyl (C=O) groups is 1. The van der Waals surface area contributed by atoms with E-state index in [9.17, 15) is 9.90 Å². The standard InChI is InChI=1S/C17H24ClNO3/c1-17(2,3)22-16(21)19-9-8-15(20)13(11-19)10-12-4-6-14(18)7-5-12/h4-7,13,15,20H,8-11H2,1-3H3. The molecular formula is C17H24ClNO3. The predicted molar refractivity (Wildman–Crippen MR) is 87.1 cm³/mol. The van der Waals surface area contributed by atoms with Crippen LogP contribution in [-0.4, -0.2) is 40.9 Å². The molecule has 0 spiro atoms. The maximum Gasteiger partial charge on any atom is 0.410 e. The smallest absolute Gasteiger partial charge is 0.410 e. The van der Waals surface area contributed by atoms with Crippen molar-refractivity contribution in [3.8, 4) is 0 Å². The summed E-state index contributed by atoms with van der Waals surface area (Å²) >= 11 is 5.89. The van der Waals surface area contributed by atoms with E-state index in [2.05, 4.69) is 0 Å². The molecule has 1 heterocycles. The molecule has 1 fully saturated rings. The highest BCUT2D eigenvalue weighted by atomic mass is 35.5. The van der Waals surface area contributed by atoms with E-state index in [1.54, 1.807) is 4.90 Å². The van der Waals surface area contributed by atoms with Gasteiger partial charge in [0.1, 0.15) is 5.60 Å². The van der Waals surface area contributed by atoms with Crippen LogP contribution in [0.1, 0.15) is 32.8 Å². The Hall–Kier alpha value is -1.26. The van der Waals surface area contributed by atoms with Crippen molar-refractivity contribution < 1.29 is 14.6 Å². The fourth-order valence-electron chi connectivity index (χ4n) is 2.64. The van der Waals surface area contributed by atoms with Crippen LogP contribution in [0.25, 0.3) is 0 Å². The highest BCUT2D eigenvalue weighted by Gasteiger charge is 2.32. The van der Waals surface area contributed by atoms with Crippen molar-refractivity contribution in [1.82, 2.24) is 4.90 Å². The third-order valence-corrected chi connectivity index (χ3v) is 4.01. The maximum atomic E-state index is 12.2. The normalized spacial score (nSPS) is 22.5. The number of halogens is 1. The van der Waals surface area contributed by atoms with E-state index in [-0.39, 0.29) is 12.0 Å². The SMILES string of the molecule is CC(C)(C)OC(=O)N1CCC(O)C(Cc2ccc(Cl)cc2)C1. The van der Waals surface area contributed by atoms with E-state index in [0.717, 1.165) is 12.0 Å². The van der Waals surface area contributed by atoms with Gasteiger partial charge >= 0.3 is 6.09 Å². The summed E-state index contributed by atoms with van der Waals surface area (Å²) in [6.45, 7) is 6.62. The molecule has 1 saturated heterocycles. The number of ether oxygens (including phenoxy) is 1. The zero-order chi connectivity index (χ0) is 16.3. The largest absolute Gasteiger partial charge is 0.444 e. The van der Waals surface area contributed by atoms with Crippen molar-refractivity contribution in [3.05, 3.63) is 34.9 Å². The van der Waals surface area contributed by atoms with Gasteiger partial charge in [-0.25, -0.2) is 4.79 Å². The van der Waals surface area contributed by atoms with E-state index in [1.165, 1.54) is 0 Å². The zero-order valence-electron chi connectivity index (χ0n) is 13.4. The minimum Gasteiger partial charge on any atom is -0.444 e. The highest BCUT2D eigenvalue weighted by Crippen LogP contribution is 2.24. The first-order valence-electron chi connectivity index (χ1n) is 7.65. The van der Waals surface area contributed by atoms with E-state index in [0.29, 0.717) is 24.5 Å². The maximum absolute atomic E-state index is 12.2. The summed E-state index contributed by atoms with van der Waals surface area (Å²) in [5.74, 6) is 0.0162. The van der Waals surface area contributed by atoms with Crippen molar-refractivity contribution >= 4 is 17.7 Å². The van der Waals surface area contributed by atoms with Crippen LogP contribution >= 0.6 is 11.6 Å². The van der Waals surface area contributed by atoms with Gasteiger partial charge in [0.05, 0.1) is 6.10 Å². The third-order valence-electron chi connectivity index (χ3n) is 3.76. The third kappa shape index (κ3) is 4.89. The summed E-state index contributed by atoms with van der Waals surface area (Å²) in [5.41, 5.74) is 0.609. The molecule has 22 heavy (non-hydrogen) atoms. The number of aliphatic hydroxyl groups is 1. The molecule has 1 amide bonds. The van der Waals surface area contributed by atoms with E-state index in [4.69, 9.17) is 16.3 Å². The molecule has 0 radical (unpaired) electrons. The summed E-state index contributed by atoms with van der Waals surface area (Å²) in [6.07, 6.45) is 0.602. The van der Waals surface area contributed by atoms with Crippen LogP contribution in [0.3, 0.4) is 0 Å². The molecular weight excluding hydrogens is 302 g/mol. The van der Waals surface area contributed by atoms with Crippen LogP contribution in [0, 0.1) is 5.92 Å². The van der Waals surface area contributed by atoms with Crippen LogP contribution in [0.4, 0.5) is 4.79 Å². The lowest BCUT2D eigenvalue weighted by molar-refractivity contribution is -0.00823. The average Bonchev–Trinajstić information content (AvgIpc) is 2.41. The van der Waals surface area contributed by atoms with E-state index < -0.39 is 11.7 Å². The molecule has 0 bridgehead atoms. The molecule has 0 saturated carbocycles. The number of nitrogens with zero attached hydrogens (tertiary/aromatic N) is 1. The van der Waals surface area contributed by atoms with Gasteiger partial charge in [0.15, 0.2) is 0 Å². The van der Waals surface area contributed by atoms with Crippen molar-refractivity contribution in [3.63, 3.8) is 0 Å². The van der Waals surface area contributed by atoms with Gasteiger partial charge in [-0.1, -0.05) is 23.7 Å². The highest BCUT2D eigenvalue weighted by molar-refractivity contribution is 6.30. The van der Waals surface area contributed by atoms with Crippen molar-refractivity contribution in [2.75, 3.05) is 13.1 Å². The molecule has 1 N–H and O–H groups in total. The molecule has 2 rings (SSSR count). The molecule has 1 aliphatic heterocycles. The number of hydrogen-bond donors (Lipinski definition) is 1. The van der Waals surface area contributed by atoms with Gasteiger partial charge in [0.2, 0.25) is 0 Å².